The van der Waals surface area contributed by atoms with Gasteiger partial charge in [0.25, 0.3) is 0 Å². The molecule has 2 rings (SSSR count). The first-order valence-corrected chi connectivity index (χ1v) is 6.04. The Kier molecular flexibility index (Phi) is 4.68. The molecule has 2 nitrogen and oxygen atoms in total. The molecule has 2 aromatic carbocycles. The summed E-state index contributed by atoms with van der Waals surface area (Å²) in [6.45, 7) is 0.522. The lowest BCUT2D eigenvalue weighted by Crippen LogP contribution is -2.05. The molecular formula is C16H16O2. The first kappa shape index (κ1) is 12.5. The Hall–Kier alpha value is -1.93. The highest BCUT2D eigenvalue weighted by atomic mass is 16.5. The fraction of sp³-hybridized carbons (Fsp3) is 0.188. The van der Waals surface area contributed by atoms with Gasteiger partial charge in [-0.15, -0.1) is 0 Å². The second-order valence-electron chi connectivity index (χ2n) is 4.10. The van der Waals surface area contributed by atoms with E-state index in [2.05, 4.69) is 0 Å². The summed E-state index contributed by atoms with van der Waals surface area (Å²) in [5.74, 6) is 0. The van der Waals surface area contributed by atoms with E-state index in [9.17, 15) is 4.79 Å². The first-order chi connectivity index (χ1) is 8.90. The van der Waals surface area contributed by atoms with Gasteiger partial charge in [0.15, 0.2) is 0 Å². The van der Waals surface area contributed by atoms with Crippen LogP contribution in [0.25, 0.3) is 0 Å². The average molecular weight is 240 g/mol. The summed E-state index contributed by atoms with van der Waals surface area (Å²) in [7, 11) is 0. The molecule has 0 saturated heterocycles. The van der Waals surface area contributed by atoms with Gasteiger partial charge in [-0.05, 0) is 11.1 Å². The van der Waals surface area contributed by atoms with Crippen LogP contribution in [-0.4, -0.2) is 6.29 Å². The van der Waals surface area contributed by atoms with Gasteiger partial charge in [0, 0.05) is 6.42 Å². The van der Waals surface area contributed by atoms with E-state index < -0.39 is 0 Å². The molecule has 0 amide bonds. The number of ether oxygens (including phenoxy) is 1. The summed E-state index contributed by atoms with van der Waals surface area (Å²) in [6.07, 6.45) is 1.13. The second kappa shape index (κ2) is 6.72. The van der Waals surface area contributed by atoms with Crippen molar-refractivity contribution in [3.63, 3.8) is 0 Å². The third-order valence-corrected chi connectivity index (χ3v) is 2.78. The SMILES string of the molecule is O=CCC(OCc1ccccc1)c1ccccc1. The summed E-state index contributed by atoms with van der Waals surface area (Å²) < 4.78 is 5.82. The predicted octanol–water partition coefficient (Wildman–Crippen LogP) is 3.53. The number of rotatable bonds is 6. The lowest BCUT2D eigenvalue weighted by molar-refractivity contribution is -0.110. The first-order valence-electron chi connectivity index (χ1n) is 6.04. The van der Waals surface area contributed by atoms with E-state index in [1.165, 1.54) is 0 Å². The Labute approximate surface area is 107 Å². The van der Waals surface area contributed by atoms with E-state index in [1.54, 1.807) is 0 Å². The van der Waals surface area contributed by atoms with Crippen molar-refractivity contribution in [1.29, 1.82) is 0 Å². The standard InChI is InChI=1S/C16H16O2/c17-12-11-16(15-9-5-2-6-10-15)18-13-14-7-3-1-4-8-14/h1-10,12,16H,11,13H2. The molecular weight excluding hydrogens is 224 g/mol. The zero-order chi connectivity index (χ0) is 12.6. The molecule has 0 bridgehead atoms. The van der Waals surface area contributed by atoms with Gasteiger partial charge in [-0.25, -0.2) is 0 Å². The maximum absolute atomic E-state index is 10.7. The van der Waals surface area contributed by atoms with Gasteiger partial charge >= 0.3 is 0 Å². The third-order valence-electron chi connectivity index (χ3n) is 2.78. The van der Waals surface area contributed by atoms with Crippen LogP contribution >= 0.6 is 0 Å². The second-order valence-corrected chi connectivity index (χ2v) is 4.10. The normalized spacial score (nSPS) is 12.0. The minimum atomic E-state index is -0.163. The van der Waals surface area contributed by atoms with Crippen molar-refractivity contribution in [1.82, 2.24) is 0 Å². The molecule has 0 aliphatic carbocycles. The van der Waals surface area contributed by atoms with E-state index in [-0.39, 0.29) is 6.10 Å². The van der Waals surface area contributed by atoms with Gasteiger partial charge in [-0.2, -0.15) is 0 Å². The zero-order valence-corrected chi connectivity index (χ0v) is 10.2. The molecule has 1 unspecified atom stereocenters. The van der Waals surface area contributed by atoms with E-state index in [4.69, 9.17) is 4.74 Å². The predicted molar refractivity (Wildman–Crippen MR) is 71.1 cm³/mol. The number of carbonyl (C=O) groups excluding carboxylic acids is 1. The maximum atomic E-state index is 10.7. The lowest BCUT2D eigenvalue weighted by atomic mass is 10.1. The molecule has 0 aliphatic rings. The number of aldehydes is 1. The van der Waals surface area contributed by atoms with Crippen molar-refractivity contribution in [3.8, 4) is 0 Å². The average Bonchev–Trinajstić information content (AvgIpc) is 2.45. The number of carbonyl (C=O) groups is 1. The molecule has 1 atom stereocenters. The Morgan fingerprint density at radius 3 is 2.17 bits per heavy atom. The fourth-order valence-corrected chi connectivity index (χ4v) is 1.83. The van der Waals surface area contributed by atoms with Gasteiger partial charge in [0.05, 0.1) is 12.7 Å². The van der Waals surface area contributed by atoms with Crippen molar-refractivity contribution in [2.24, 2.45) is 0 Å². The third kappa shape index (κ3) is 3.54. The molecule has 0 fully saturated rings. The van der Waals surface area contributed by atoms with Gasteiger partial charge in [-0.1, -0.05) is 60.7 Å². The molecule has 0 N–H and O–H groups in total. The van der Waals surface area contributed by atoms with E-state index >= 15 is 0 Å². The monoisotopic (exact) mass is 240 g/mol. The Morgan fingerprint density at radius 1 is 0.944 bits per heavy atom. The molecule has 18 heavy (non-hydrogen) atoms. The van der Waals surface area contributed by atoms with Crippen molar-refractivity contribution in [3.05, 3.63) is 71.8 Å². The van der Waals surface area contributed by atoms with Crippen molar-refractivity contribution >= 4 is 6.29 Å². The minimum Gasteiger partial charge on any atom is -0.368 e. The van der Waals surface area contributed by atoms with Crippen LogP contribution in [0.4, 0.5) is 0 Å². The Balaban J connectivity index is 2.01. The van der Waals surface area contributed by atoms with Gasteiger partial charge in [0.2, 0.25) is 0 Å². The highest BCUT2D eigenvalue weighted by Gasteiger charge is 2.11. The van der Waals surface area contributed by atoms with Crippen LogP contribution in [0.1, 0.15) is 23.7 Å². The number of benzene rings is 2. The van der Waals surface area contributed by atoms with Crippen molar-refractivity contribution < 1.29 is 9.53 Å². The highest BCUT2D eigenvalue weighted by molar-refractivity contribution is 5.51. The van der Waals surface area contributed by atoms with Crippen molar-refractivity contribution in [2.45, 2.75) is 19.1 Å². The minimum absolute atomic E-state index is 0.163. The number of hydrogen-bond donors (Lipinski definition) is 0. The van der Waals surface area contributed by atoms with Crippen LogP contribution in [0, 0.1) is 0 Å². The molecule has 0 heterocycles. The van der Waals surface area contributed by atoms with Crippen LogP contribution in [0.2, 0.25) is 0 Å². The van der Waals surface area contributed by atoms with Crippen LogP contribution in [0.5, 0.6) is 0 Å². The fourth-order valence-electron chi connectivity index (χ4n) is 1.83. The molecule has 92 valence electrons. The highest BCUT2D eigenvalue weighted by Crippen LogP contribution is 2.21. The molecule has 2 aromatic rings. The van der Waals surface area contributed by atoms with Crippen LogP contribution < -0.4 is 0 Å². The summed E-state index contributed by atoms with van der Waals surface area (Å²) in [5, 5.41) is 0. The lowest BCUT2D eigenvalue weighted by Gasteiger charge is -2.16. The topological polar surface area (TPSA) is 26.3 Å². The summed E-state index contributed by atoms with van der Waals surface area (Å²) in [4.78, 5) is 10.7. The van der Waals surface area contributed by atoms with Crippen molar-refractivity contribution in [2.75, 3.05) is 0 Å². The molecule has 0 radical (unpaired) electrons. The smallest absolute Gasteiger partial charge is 0.122 e. The van der Waals surface area contributed by atoms with Crippen LogP contribution in [0.15, 0.2) is 60.7 Å². The van der Waals surface area contributed by atoms with Gasteiger partial charge in [0.1, 0.15) is 6.29 Å². The number of hydrogen-bond acceptors (Lipinski definition) is 2. The zero-order valence-electron chi connectivity index (χ0n) is 10.2. The molecule has 0 aliphatic heterocycles. The maximum Gasteiger partial charge on any atom is 0.122 e. The van der Waals surface area contributed by atoms with Crippen LogP contribution in [-0.2, 0) is 16.1 Å². The molecule has 0 spiro atoms. The Morgan fingerprint density at radius 2 is 1.56 bits per heavy atom. The quantitative estimate of drug-likeness (QED) is 0.722. The summed E-state index contributed by atoms with van der Waals surface area (Å²) >= 11 is 0. The van der Waals surface area contributed by atoms with E-state index in [0.717, 1.165) is 17.4 Å². The molecule has 0 aromatic heterocycles. The largest absolute Gasteiger partial charge is 0.368 e. The van der Waals surface area contributed by atoms with Gasteiger partial charge < -0.3 is 9.53 Å². The molecule has 0 saturated carbocycles. The summed E-state index contributed by atoms with van der Waals surface area (Å²) in [6, 6.07) is 19.8. The van der Waals surface area contributed by atoms with E-state index in [1.807, 2.05) is 60.7 Å². The van der Waals surface area contributed by atoms with E-state index in [0.29, 0.717) is 13.0 Å². The molecule has 2 heteroatoms. The summed E-state index contributed by atoms with van der Waals surface area (Å²) in [5.41, 5.74) is 2.16. The van der Waals surface area contributed by atoms with Crippen LogP contribution in [0.3, 0.4) is 0 Å². The van der Waals surface area contributed by atoms with Gasteiger partial charge in [-0.3, -0.25) is 0 Å². The Bertz CT molecular complexity index is 465.